The Labute approximate surface area is 139 Å². The van der Waals surface area contributed by atoms with E-state index >= 15 is 0 Å². The summed E-state index contributed by atoms with van der Waals surface area (Å²) in [6.45, 7) is 5.23. The summed E-state index contributed by atoms with van der Waals surface area (Å²) >= 11 is 0. The fraction of sp³-hybridized carbons (Fsp3) is 0.312. The van der Waals surface area contributed by atoms with Crippen LogP contribution in [0.15, 0.2) is 36.7 Å². The van der Waals surface area contributed by atoms with E-state index < -0.39 is 0 Å². The number of hydrogen-bond donors (Lipinski definition) is 1. The van der Waals surface area contributed by atoms with E-state index in [4.69, 9.17) is 0 Å². The van der Waals surface area contributed by atoms with Crippen molar-refractivity contribution in [3.63, 3.8) is 0 Å². The van der Waals surface area contributed by atoms with Crippen molar-refractivity contribution in [3.05, 3.63) is 59.2 Å². The molecule has 0 aliphatic heterocycles. The van der Waals surface area contributed by atoms with E-state index in [0.29, 0.717) is 13.1 Å². The molecule has 3 aromatic rings. The molecule has 0 saturated heterocycles. The normalized spacial score (nSPS) is 10.8. The number of nitrogens with zero attached hydrogens (tertiary/aromatic N) is 6. The topological polar surface area (TPSA) is 90.5 Å². The molecule has 8 nitrogen and oxygen atoms in total. The number of aromatic nitrogens is 6. The van der Waals surface area contributed by atoms with Crippen LogP contribution in [-0.2, 0) is 24.4 Å². The van der Waals surface area contributed by atoms with Gasteiger partial charge in [-0.25, -0.2) is 4.68 Å². The predicted octanol–water partition coefficient (Wildman–Crippen LogP) is 0.851. The third-order valence-electron chi connectivity index (χ3n) is 3.87. The van der Waals surface area contributed by atoms with Crippen molar-refractivity contribution in [3.8, 4) is 0 Å². The Morgan fingerprint density at radius 3 is 2.71 bits per heavy atom. The summed E-state index contributed by atoms with van der Waals surface area (Å²) < 4.78 is 3.35. The summed E-state index contributed by atoms with van der Waals surface area (Å²) in [6, 6.07) is 10.2. The minimum absolute atomic E-state index is 0.100. The zero-order valence-corrected chi connectivity index (χ0v) is 13.7. The molecule has 0 radical (unpaired) electrons. The third kappa shape index (κ3) is 3.65. The monoisotopic (exact) mass is 325 g/mol. The van der Waals surface area contributed by atoms with Gasteiger partial charge in [0.25, 0.3) is 0 Å². The zero-order valence-electron chi connectivity index (χ0n) is 13.7. The highest BCUT2D eigenvalue weighted by Crippen LogP contribution is 2.14. The molecule has 0 saturated carbocycles. The molecule has 0 bridgehead atoms. The van der Waals surface area contributed by atoms with Crippen molar-refractivity contribution in [1.82, 2.24) is 35.3 Å². The van der Waals surface area contributed by atoms with Crippen molar-refractivity contribution < 1.29 is 4.79 Å². The number of rotatable bonds is 6. The molecular formula is C16H19N7O. The number of carbonyl (C=O) groups is 1. The van der Waals surface area contributed by atoms with Gasteiger partial charge in [-0.3, -0.25) is 9.48 Å². The van der Waals surface area contributed by atoms with Gasteiger partial charge in [0.05, 0.1) is 12.2 Å². The lowest BCUT2D eigenvalue weighted by Gasteiger charge is -2.07. The van der Waals surface area contributed by atoms with Crippen LogP contribution in [-0.4, -0.2) is 35.9 Å². The van der Waals surface area contributed by atoms with E-state index in [2.05, 4.69) is 38.1 Å². The van der Waals surface area contributed by atoms with Crippen molar-refractivity contribution in [2.75, 3.05) is 0 Å². The first kappa shape index (κ1) is 15.9. The Bertz CT molecular complexity index is 809. The summed E-state index contributed by atoms with van der Waals surface area (Å²) in [6.07, 6.45) is 1.41. The Kier molecular flexibility index (Phi) is 4.64. The maximum absolute atomic E-state index is 11.9. The first-order chi connectivity index (χ1) is 11.6. The van der Waals surface area contributed by atoms with Gasteiger partial charge in [-0.15, -0.1) is 5.10 Å². The SMILES string of the molecule is Cc1nn(Cc2ccccc2)c(C)c1CNC(=O)Cn1cnnn1. The fourth-order valence-corrected chi connectivity index (χ4v) is 2.54. The molecule has 0 aliphatic rings. The van der Waals surface area contributed by atoms with Crippen molar-refractivity contribution in [1.29, 1.82) is 0 Å². The van der Waals surface area contributed by atoms with Crippen LogP contribution >= 0.6 is 0 Å². The van der Waals surface area contributed by atoms with E-state index in [9.17, 15) is 4.79 Å². The second kappa shape index (κ2) is 7.03. The fourth-order valence-electron chi connectivity index (χ4n) is 2.54. The summed E-state index contributed by atoms with van der Waals surface area (Å²) in [5.41, 5.74) is 4.21. The molecule has 124 valence electrons. The molecule has 0 atom stereocenters. The van der Waals surface area contributed by atoms with Crippen LogP contribution in [0.3, 0.4) is 0 Å². The van der Waals surface area contributed by atoms with Crippen LogP contribution in [0.1, 0.15) is 22.5 Å². The number of aryl methyl sites for hydroxylation is 1. The second-order valence-electron chi connectivity index (χ2n) is 5.58. The molecule has 0 unspecified atom stereocenters. The number of hydrogen-bond acceptors (Lipinski definition) is 5. The molecule has 3 rings (SSSR count). The number of nitrogens with one attached hydrogen (secondary N) is 1. The van der Waals surface area contributed by atoms with Crippen LogP contribution in [0, 0.1) is 13.8 Å². The molecule has 2 heterocycles. The lowest BCUT2D eigenvalue weighted by molar-refractivity contribution is -0.122. The van der Waals surface area contributed by atoms with E-state index in [1.54, 1.807) is 0 Å². The summed E-state index contributed by atoms with van der Waals surface area (Å²) in [7, 11) is 0. The molecule has 0 fully saturated rings. The maximum atomic E-state index is 11.9. The molecule has 1 aromatic carbocycles. The van der Waals surface area contributed by atoms with E-state index in [0.717, 1.165) is 17.0 Å². The zero-order chi connectivity index (χ0) is 16.9. The highest BCUT2D eigenvalue weighted by atomic mass is 16.2. The highest BCUT2D eigenvalue weighted by Gasteiger charge is 2.13. The molecule has 24 heavy (non-hydrogen) atoms. The third-order valence-corrected chi connectivity index (χ3v) is 3.87. The summed E-state index contributed by atoms with van der Waals surface area (Å²) in [5.74, 6) is -0.142. The van der Waals surface area contributed by atoms with Crippen molar-refractivity contribution >= 4 is 5.91 Å². The molecule has 0 aliphatic carbocycles. The smallest absolute Gasteiger partial charge is 0.242 e. The lowest BCUT2D eigenvalue weighted by atomic mass is 10.2. The van der Waals surface area contributed by atoms with Gasteiger partial charge in [0, 0.05) is 17.8 Å². The van der Waals surface area contributed by atoms with Crippen LogP contribution < -0.4 is 5.32 Å². The van der Waals surface area contributed by atoms with Crippen LogP contribution in [0.25, 0.3) is 0 Å². The van der Waals surface area contributed by atoms with Crippen LogP contribution in [0.4, 0.5) is 0 Å². The van der Waals surface area contributed by atoms with Gasteiger partial charge < -0.3 is 5.32 Å². The standard InChI is InChI=1S/C16H19N7O/c1-12-15(8-17-16(24)10-22-11-18-20-21-22)13(2)23(19-12)9-14-6-4-3-5-7-14/h3-7,11H,8-10H2,1-2H3,(H,17,24). The van der Waals surface area contributed by atoms with Gasteiger partial charge in [0.1, 0.15) is 12.9 Å². The van der Waals surface area contributed by atoms with E-state index in [1.807, 2.05) is 36.7 Å². The van der Waals surface area contributed by atoms with Crippen molar-refractivity contribution in [2.24, 2.45) is 0 Å². The van der Waals surface area contributed by atoms with E-state index in [1.165, 1.54) is 16.6 Å². The van der Waals surface area contributed by atoms with Crippen LogP contribution in [0.2, 0.25) is 0 Å². The molecule has 2 aromatic heterocycles. The number of tetrazole rings is 1. The molecule has 8 heteroatoms. The first-order valence-electron chi connectivity index (χ1n) is 7.68. The summed E-state index contributed by atoms with van der Waals surface area (Å²) in [5, 5.41) is 18.2. The van der Waals surface area contributed by atoms with Gasteiger partial charge in [0.2, 0.25) is 5.91 Å². The number of amides is 1. The average Bonchev–Trinajstić information content (AvgIpc) is 3.16. The largest absolute Gasteiger partial charge is 0.350 e. The van der Waals surface area contributed by atoms with Gasteiger partial charge in [-0.1, -0.05) is 30.3 Å². The Morgan fingerprint density at radius 2 is 2.00 bits per heavy atom. The molecule has 0 spiro atoms. The Balaban J connectivity index is 1.64. The first-order valence-corrected chi connectivity index (χ1v) is 7.68. The highest BCUT2D eigenvalue weighted by molar-refractivity contribution is 5.75. The second-order valence-corrected chi connectivity index (χ2v) is 5.58. The molecular weight excluding hydrogens is 306 g/mol. The summed E-state index contributed by atoms with van der Waals surface area (Å²) in [4.78, 5) is 11.9. The van der Waals surface area contributed by atoms with Gasteiger partial charge in [-0.05, 0) is 29.8 Å². The maximum Gasteiger partial charge on any atom is 0.242 e. The average molecular weight is 325 g/mol. The van der Waals surface area contributed by atoms with Crippen molar-refractivity contribution in [2.45, 2.75) is 33.5 Å². The quantitative estimate of drug-likeness (QED) is 0.725. The number of carbonyl (C=O) groups excluding carboxylic acids is 1. The van der Waals surface area contributed by atoms with E-state index in [-0.39, 0.29) is 12.5 Å². The van der Waals surface area contributed by atoms with Gasteiger partial charge in [-0.2, -0.15) is 5.10 Å². The minimum Gasteiger partial charge on any atom is -0.350 e. The van der Waals surface area contributed by atoms with Gasteiger partial charge >= 0.3 is 0 Å². The lowest BCUT2D eigenvalue weighted by Crippen LogP contribution is -2.27. The minimum atomic E-state index is -0.142. The number of benzene rings is 1. The van der Waals surface area contributed by atoms with Crippen LogP contribution in [0.5, 0.6) is 0 Å². The predicted molar refractivity (Wildman–Crippen MR) is 86.9 cm³/mol. The van der Waals surface area contributed by atoms with Gasteiger partial charge in [0.15, 0.2) is 0 Å². The Hall–Kier alpha value is -3.03. The molecule has 1 amide bonds. The Morgan fingerprint density at radius 1 is 1.21 bits per heavy atom. The molecule has 1 N–H and O–H groups in total.